The molecule has 0 aliphatic heterocycles. The molecule has 1 amide bonds. The number of benzene rings is 1. The Morgan fingerprint density at radius 3 is 2.19 bits per heavy atom. The van der Waals surface area contributed by atoms with Gasteiger partial charge in [-0.05, 0) is 134 Å². The monoisotopic (exact) mass is 717 g/mol. The minimum atomic E-state index is -1.17. The lowest BCUT2D eigenvalue weighted by atomic mass is 9.33. The van der Waals surface area contributed by atoms with E-state index < -0.39 is 22.8 Å². The van der Waals surface area contributed by atoms with E-state index in [-0.39, 0.29) is 64.1 Å². The highest BCUT2D eigenvalue weighted by Crippen LogP contribution is 2.76. The van der Waals surface area contributed by atoms with Gasteiger partial charge in [0, 0.05) is 18.4 Å². The highest BCUT2D eigenvalue weighted by Gasteiger charge is 2.71. The topological polar surface area (TPSA) is 119 Å². The van der Waals surface area contributed by atoms with E-state index in [1.807, 2.05) is 24.3 Å². The number of ketones is 1. The van der Waals surface area contributed by atoms with E-state index in [0.29, 0.717) is 24.8 Å². The van der Waals surface area contributed by atoms with Gasteiger partial charge in [-0.1, -0.05) is 60.6 Å². The van der Waals surface area contributed by atoms with Gasteiger partial charge in [-0.2, -0.15) is 0 Å². The van der Waals surface area contributed by atoms with Crippen LogP contribution in [0.1, 0.15) is 132 Å². The molecule has 8 heteroatoms. The molecule has 5 aliphatic carbocycles. The Morgan fingerprint density at radius 1 is 0.904 bits per heavy atom. The molecule has 0 aromatic heterocycles. The second-order valence-electron chi connectivity index (χ2n) is 19.5. The fourth-order valence-corrected chi connectivity index (χ4v) is 12.8. The molecule has 0 spiro atoms. The van der Waals surface area contributed by atoms with Gasteiger partial charge in [-0.15, -0.1) is 0 Å². The minimum absolute atomic E-state index is 0.00586. The highest BCUT2D eigenvalue weighted by molar-refractivity contribution is 6.07. The predicted octanol–water partition coefficient (Wildman–Crippen LogP) is 8.70. The van der Waals surface area contributed by atoms with Crippen LogP contribution in [0.2, 0.25) is 0 Å². The number of amides is 1. The van der Waals surface area contributed by atoms with Gasteiger partial charge in [0.25, 0.3) is 0 Å². The SMILES string of the molecule is COc1ccc(CNC(=O)[C@@]23CC[C@]4(C)C(CCC5[C@@]6(C)CC[C@H](OC(=O)CC(C)(C)C(=O)O)C(C)(C)C6CC[C@]54C)C2=C(C(C)C)C(=O)C3)cc1. The summed E-state index contributed by atoms with van der Waals surface area (Å²) < 4.78 is 11.5. The first-order valence-corrected chi connectivity index (χ1v) is 19.8. The number of allylic oxidation sites excluding steroid dienone is 1. The van der Waals surface area contributed by atoms with E-state index in [1.165, 1.54) is 0 Å². The van der Waals surface area contributed by atoms with Crippen LogP contribution in [0.4, 0.5) is 0 Å². The third-order valence-electron chi connectivity index (χ3n) is 15.9. The number of carboxylic acids is 1. The summed E-state index contributed by atoms with van der Waals surface area (Å²) >= 11 is 0. The van der Waals surface area contributed by atoms with Gasteiger partial charge in [0.15, 0.2) is 5.78 Å². The molecule has 286 valence electrons. The number of nitrogens with one attached hydrogen (secondary N) is 1. The van der Waals surface area contributed by atoms with Gasteiger partial charge in [0.1, 0.15) is 11.9 Å². The molecule has 0 radical (unpaired) electrons. The van der Waals surface area contributed by atoms with Crippen LogP contribution in [-0.2, 0) is 30.5 Å². The third kappa shape index (κ3) is 5.75. The number of hydrogen-bond donors (Lipinski definition) is 2. The third-order valence-corrected chi connectivity index (χ3v) is 15.9. The zero-order chi connectivity index (χ0) is 38.2. The van der Waals surface area contributed by atoms with Crippen molar-refractivity contribution in [3.8, 4) is 5.75 Å². The second-order valence-corrected chi connectivity index (χ2v) is 19.5. The first-order valence-electron chi connectivity index (χ1n) is 19.8. The summed E-state index contributed by atoms with van der Waals surface area (Å²) in [4.78, 5) is 53.3. The van der Waals surface area contributed by atoms with Crippen molar-refractivity contribution >= 4 is 23.6 Å². The van der Waals surface area contributed by atoms with Crippen LogP contribution in [0.25, 0.3) is 0 Å². The van der Waals surface area contributed by atoms with Gasteiger partial charge in [-0.25, -0.2) is 0 Å². The molecule has 0 bridgehead atoms. The molecule has 3 unspecified atom stereocenters. The number of Topliss-reactive ketones (excluding diaryl/α,β-unsaturated/α-hetero) is 1. The van der Waals surface area contributed by atoms with Crippen molar-refractivity contribution in [1.82, 2.24) is 5.32 Å². The summed E-state index contributed by atoms with van der Waals surface area (Å²) in [5, 5.41) is 12.9. The zero-order valence-corrected chi connectivity index (χ0v) is 33.4. The highest BCUT2D eigenvalue weighted by atomic mass is 16.5. The smallest absolute Gasteiger partial charge is 0.309 e. The summed E-state index contributed by atoms with van der Waals surface area (Å²) in [6.45, 7) is 19.8. The summed E-state index contributed by atoms with van der Waals surface area (Å²) in [7, 11) is 1.64. The number of hydrogen-bond acceptors (Lipinski definition) is 6. The van der Waals surface area contributed by atoms with Gasteiger partial charge in [0.05, 0.1) is 24.4 Å². The number of carbonyl (C=O) groups excluding carboxylic acids is 3. The van der Waals surface area contributed by atoms with Crippen LogP contribution in [-0.4, -0.2) is 41.9 Å². The van der Waals surface area contributed by atoms with Crippen LogP contribution in [0.3, 0.4) is 0 Å². The molecule has 52 heavy (non-hydrogen) atoms. The first-order chi connectivity index (χ1) is 24.2. The lowest BCUT2D eigenvalue weighted by Gasteiger charge is -2.72. The average Bonchev–Trinajstić information content (AvgIpc) is 3.38. The van der Waals surface area contributed by atoms with E-state index in [1.54, 1.807) is 21.0 Å². The number of methoxy groups -OCH3 is 1. The Bertz CT molecular complexity index is 1660. The number of ether oxygens (including phenoxy) is 2. The molecule has 4 fully saturated rings. The molecule has 4 saturated carbocycles. The van der Waals surface area contributed by atoms with Crippen LogP contribution < -0.4 is 10.1 Å². The summed E-state index contributed by atoms with van der Waals surface area (Å²) in [5.74, 6) is 0.524. The maximum atomic E-state index is 14.5. The fourth-order valence-electron chi connectivity index (χ4n) is 12.8. The average molecular weight is 718 g/mol. The number of fused-ring (bicyclic) bond motifs is 7. The van der Waals surface area contributed by atoms with Crippen LogP contribution in [0.15, 0.2) is 35.4 Å². The van der Waals surface area contributed by atoms with Crippen LogP contribution >= 0.6 is 0 Å². The Morgan fingerprint density at radius 2 is 1.58 bits per heavy atom. The summed E-state index contributed by atoms with van der Waals surface area (Å²) in [6, 6.07) is 7.76. The largest absolute Gasteiger partial charge is 0.497 e. The standard InChI is InChI=1S/C44H63NO7/c1-26(2)35-30(46)23-44(37(48)45-25-27-11-13-28(51-10)14-12-27)22-21-42(8)29(36(35)44)15-16-32-41(7)19-18-33(52-34(47)24-39(3,4)38(49)50)40(5,6)31(41)17-20-43(32,42)9/h11-14,26,29,31-33H,15-25H2,1-10H3,(H,45,48)(H,49,50)/t29?,31?,32?,33-,41-,42+,43+,44+/m0/s1. The molecule has 1 aromatic carbocycles. The van der Waals surface area contributed by atoms with Crippen molar-refractivity contribution in [2.75, 3.05) is 7.11 Å². The maximum absolute atomic E-state index is 14.5. The lowest BCUT2D eigenvalue weighted by molar-refractivity contribution is -0.233. The number of carbonyl (C=O) groups is 4. The molecule has 5 aliphatic rings. The minimum Gasteiger partial charge on any atom is -0.497 e. The van der Waals surface area contributed by atoms with Crippen molar-refractivity contribution in [2.24, 2.45) is 56.2 Å². The molecular formula is C44H63NO7. The van der Waals surface area contributed by atoms with Gasteiger partial charge in [0.2, 0.25) is 5.91 Å². The first kappa shape index (κ1) is 38.6. The van der Waals surface area contributed by atoms with Crippen molar-refractivity contribution in [1.29, 1.82) is 0 Å². The number of carboxylic acid groups (broad SMARTS) is 1. The van der Waals surface area contributed by atoms with Gasteiger partial charge in [-0.3, -0.25) is 19.2 Å². The summed E-state index contributed by atoms with van der Waals surface area (Å²) in [6.07, 6.45) is 7.28. The van der Waals surface area contributed by atoms with E-state index in [9.17, 15) is 24.3 Å². The molecular weight excluding hydrogens is 654 g/mol. The van der Waals surface area contributed by atoms with Crippen molar-refractivity contribution < 1.29 is 33.8 Å². The van der Waals surface area contributed by atoms with E-state index >= 15 is 0 Å². The lowest BCUT2D eigenvalue weighted by Crippen LogP contribution is -2.66. The normalized spacial score (nSPS) is 36.6. The van der Waals surface area contributed by atoms with E-state index in [2.05, 4.69) is 53.8 Å². The van der Waals surface area contributed by atoms with Gasteiger partial charge >= 0.3 is 11.9 Å². The zero-order valence-electron chi connectivity index (χ0n) is 33.4. The maximum Gasteiger partial charge on any atom is 0.309 e. The van der Waals surface area contributed by atoms with Crippen molar-refractivity contribution in [3.63, 3.8) is 0 Å². The molecule has 1 aromatic rings. The second kappa shape index (κ2) is 13.0. The molecule has 8 nitrogen and oxygen atoms in total. The predicted molar refractivity (Wildman–Crippen MR) is 200 cm³/mol. The van der Waals surface area contributed by atoms with Crippen molar-refractivity contribution in [2.45, 2.75) is 139 Å². The number of esters is 1. The Labute approximate surface area is 311 Å². The van der Waals surface area contributed by atoms with Crippen LogP contribution in [0.5, 0.6) is 5.75 Å². The van der Waals surface area contributed by atoms with Gasteiger partial charge < -0.3 is 19.9 Å². The van der Waals surface area contributed by atoms with Crippen LogP contribution in [0, 0.1) is 56.2 Å². The quantitative estimate of drug-likeness (QED) is 0.245. The molecule has 2 N–H and O–H groups in total. The molecule has 8 atom stereocenters. The Kier molecular flexibility index (Phi) is 9.64. The molecule has 6 rings (SSSR count). The van der Waals surface area contributed by atoms with E-state index in [0.717, 1.165) is 67.4 Å². The molecule has 0 saturated heterocycles. The Balaban J connectivity index is 1.27. The molecule has 0 heterocycles. The number of aliphatic carboxylic acids is 1. The number of rotatable bonds is 9. The van der Waals surface area contributed by atoms with Crippen molar-refractivity contribution in [3.05, 3.63) is 41.0 Å². The Hall–Kier alpha value is -3.16. The fraction of sp³-hybridized carbons (Fsp3) is 0.727. The van der Waals surface area contributed by atoms with E-state index in [4.69, 9.17) is 9.47 Å². The summed E-state index contributed by atoms with van der Waals surface area (Å²) in [5.41, 5.74) is 0.819.